The van der Waals surface area contributed by atoms with Gasteiger partial charge in [0.25, 0.3) is 0 Å². The number of benzene rings is 9. The zero-order valence-electron chi connectivity index (χ0n) is 42.1. The summed E-state index contributed by atoms with van der Waals surface area (Å²) in [6, 6.07) is 59.4. The monoisotopic (exact) mass is 938 g/mol. The number of unbranched alkanes of at least 4 members (excludes halogenated alkanes) is 1. The van der Waals surface area contributed by atoms with Crippen molar-refractivity contribution in [3.8, 4) is 0 Å². The Hall–Kier alpha value is -7.56. The van der Waals surface area contributed by atoms with Gasteiger partial charge in [-0.25, -0.2) is 0 Å². The van der Waals surface area contributed by atoms with Gasteiger partial charge in [0.1, 0.15) is 11.2 Å². The SMILES string of the molecule is CCCCC(CC)c1ccc(N(c2ccc3c4c2ccc2ccc(N(c5ccc(C6CCCCC6)cc5)c5cccc6c5oc5c(C)cccc56)c(c24)CC=C3)c2cccc3c2oc2c(C)cccc23)cc1. The zero-order chi connectivity index (χ0) is 48.5. The third kappa shape index (κ3) is 7.32. The average Bonchev–Trinajstić information content (AvgIpc) is 3.95. The summed E-state index contributed by atoms with van der Waals surface area (Å²) in [6.07, 6.45) is 16.8. The first-order valence-electron chi connectivity index (χ1n) is 26.8. The molecule has 0 saturated heterocycles. The van der Waals surface area contributed by atoms with Crippen LogP contribution < -0.4 is 9.80 Å². The molecule has 0 amide bonds. The van der Waals surface area contributed by atoms with Crippen LogP contribution in [0.5, 0.6) is 0 Å². The highest BCUT2D eigenvalue weighted by molar-refractivity contribution is 6.20. The van der Waals surface area contributed by atoms with Gasteiger partial charge in [0.2, 0.25) is 0 Å². The number of para-hydroxylation sites is 4. The minimum atomic E-state index is 0.541. The second-order valence-electron chi connectivity index (χ2n) is 20.8. The number of hydrogen-bond acceptors (Lipinski definition) is 4. The molecule has 2 aromatic heterocycles. The van der Waals surface area contributed by atoms with Crippen molar-refractivity contribution >= 4 is 106 Å². The Kier molecular flexibility index (Phi) is 11.2. The lowest BCUT2D eigenvalue weighted by atomic mass is 9.84. The van der Waals surface area contributed by atoms with E-state index < -0.39 is 0 Å². The maximum absolute atomic E-state index is 6.98. The smallest absolute Gasteiger partial charge is 0.159 e. The van der Waals surface area contributed by atoms with Crippen LogP contribution >= 0.6 is 0 Å². The van der Waals surface area contributed by atoms with E-state index in [0.717, 1.165) is 102 Å². The van der Waals surface area contributed by atoms with Gasteiger partial charge in [-0.1, -0.05) is 167 Å². The summed E-state index contributed by atoms with van der Waals surface area (Å²) in [7, 11) is 0. The molecule has 2 heterocycles. The topological polar surface area (TPSA) is 32.8 Å². The Morgan fingerprint density at radius 2 is 1.08 bits per heavy atom. The summed E-state index contributed by atoms with van der Waals surface area (Å²) in [4.78, 5) is 4.95. The van der Waals surface area contributed by atoms with Crippen molar-refractivity contribution in [1.29, 1.82) is 0 Å². The molecule has 13 rings (SSSR count). The standard InChI is InChI=1S/C68H62N2O2/c1-5-7-18-45(6-2)47-29-36-51(37-30-47)70(62-28-15-25-56-54-23-12-17-44(4)66(54)72-68(56)62)60-41-34-49-21-13-26-57-59(42-35-50-33-40-58(60)63(49)64(50)57)69(52-38-31-48(32-39-52)46-19-9-8-10-20-46)61-27-14-24-55-53-22-11-16-43(3)65(53)71-67(55)61/h11-17,21-25,27-42,45-46H,5-10,18-20,26H2,1-4H3. The highest BCUT2D eigenvalue weighted by Gasteiger charge is 2.28. The predicted octanol–water partition coefficient (Wildman–Crippen LogP) is 20.6. The van der Waals surface area contributed by atoms with Crippen LogP contribution in [-0.2, 0) is 6.42 Å². The summed E-state index contributed by atoms with van der Waals surface area (Å²) < 4.78 is 14.0. The first-order valence-corrected chi connectivity index (χ1v) is 26.8. The summed E-state index contributed by atoms with van der Waals surface area (Å²) in [5.41, 5.74) is 18.0. The van der Waals surface area contributed by atoms with Gasteiger partial charge in [0.15, 0.2) is 11.2 Å². The molecule has 0 aliphatic heterocycles. The lowest BCUT2D eigenvalue weighted by Crippen LogP contribution is -2.13. The normalized spacial score (nSPS) is 14.4. The highest BCUT2D eigenvalue weighted by atomic mass is 16.3. The molecule has 1 fully saturated rings. The molecule has 9 aromatic carbocycles. The van der Waals surface area contributed by atoms with Crippen LogP contribution in [0.4, 0.5) is 34.1 Å². The van der Waals surface area contributed by atoms with Crippen LogP contribution in [-0.4, -0.2) is 0 Å². The molecule has 0 bridgehead atoms. The molecule has 72 heavy (non-hydrogen) atoms. The van der Waals surface area contributed by atoms with Crippen molar-refractivity contribution in [3.63, 3.8) is 0 Å². The fraction of sp³-hybridized carbons (Fsp3) is 0.235. The summed E-state index contributed by atoms with van der Waals surface area (Å²) in [5, 5.41) is 9.54. The maximum atomic E-state index is 6.98. The molecule has 4 heteroatoms. The van der Waals surface area contributed by atoms with Crippen LogP contribution in [0, 0.1) is 13.8 Å². The molecular formula is C68H62N2O2. The molecule has 1 saturated carbocycles. The van der Waals surface area contributed by atoms with E-state index in [0.29, 0.717) is 11.8 Å². The first kappa shape index (κ1) is 44.4. The number of allylic oxidation sites excluding steroid dienone is 1. The highest BCUT2D eigenvalue weighted by Crippen LogP contribution is 2.51. The van der Waals surface area contributed by atoms with E-state index in [-0.39, 0.29) is 0 Å². The maximum Gasteiger partial charge on any atom is 0.159 e. The van der Waals surface area contributed by atoms with Crippen molar-refractivity contribution in [3.05, 3.63) is 197 Å². The minimum absolute atomic E-state index is 0.541. The number of rotatable bonds is 12. The fourth-order valence-corrected chi connectivity index (χ4v) is 12.7. The molecule has 0 spiro atoms. The number of aryl methyl sites for hydroxylation is 2. The summed E-state index contributed by atoms with van der Waals surface area (Å²) >= 11 is 0. The second-order valence-corrected chi connectivity index (χ2v) is 20.8. The van der Waals surface area contributed by atoms with Crippen LogP contribution in [0.25, 0.3) is 71.5 Å². The van der Waals surface area contributed by atoms with Gasteiger partial charge < -0.3 is 18.6 Å². The minimum Gasteiger partial charge on any atom is -0.454 e. The number of furan rings is 2. The molecule has 2 aliphatic rings. The number of anilines is 6. The third-order valence-corrected chi connectivity index (χ3v) is 16.5. The molecule has 2 aliphatic carbocycles. The van der Waals surface area contributed by atoms with Gasteiger partial charge in [-0.15, -0.1) is 0 Å². The van der Waals surface area contributed by atoms with Crippen LogP contribution in [0.15, 0.2) is 173 Å². The molecule has 11 aromatic rings. The van der Waals surface area contributed by atoms with E-state index in [1.807, 2.05) is 0 Å². The molecular weight excluding hydrogens is 877 g/mol. The number of fused-ring (bicyclic) bond motifs is 6. The van der Waals surface area contributed by atoms with Crippen molar-refractivity contribution in [2.75, 3.05) is 9.80 Å². The summed E-state index contributed by atoms with van der Waals surface area (Å²) in [5.74, 6) is 1.16. The van der Waals surface area contributed by atoms with Crippen LogP contribution in [0.1, 0.15) is 117 Å². The van der Waals surface area contributed by atoms with Crippen molar-refractivity contribution in [1.82, 2.24) is 0 Å². The lowest BCUT2D eigenvalue weighted by Gasteiger charge is -2.30. The van der Waals surface area contributed by atoms with E-state index >= 15 is 0 Å². The van der Waals surface area contributed by atoms with Crippen molar-refractivity contribution in [2.45, 2.75) is 104 Å². The van der Waals surface area contributed by atoms with Gasteiger partial charge in [0, 0.05) is 38.3 Å². The van der Waals surface area contributed by atoms with E-state index in [4.69, 9.17) is 8.83 Å². The van der Waals surface area contributed by atoms with E-state index in [1.165, 1.54) is 95.2 Å². The Bertz CT molecular complexity index is 3880. The Labute approximate surface area is 423 Å². The molecule has 4 nitrogen and oxygen atoms in total. The predicted molar refractivity (Wildman–Crippen MR) is 306 cm³/mol. The quantitative estimate of drug-likeness (QED) is 0.114. The van der Waals surface area contributed by atoms with Crippen LogP contribution in [0.2, 0.25) is 0 Å². The molecule has 1 atom stereocenters. The first-order chi connectivity index (χ1) is 35.5. The lowest BCUT2D eigenvalue weighted by molar-refractivity contribution is 0.443. The second kappa shape index (κ2) is 18.2. The molecule has 1 unspecified atom stereocenters. The van der Waals surface area contributed by atoms with Crippen LogP contribution in [0.3, 0.4) is 0 Å². The average molecular weight is 939 g/mol. The Morgan fingerprint density at radius 1 is 0.514 bits per heavy atom. The van der Waals surface area contributed by atoms with Gasteiger partial charge in [-0.05, 0) is 156 Å². The molecule has 0 radical (unpaired) electrons. The fourth-order valence-electron chi connectivity index (χ4n) is 12.7. The van der Waals surface area contributed by atoms with Crippen molar-refractivity contribution in [2.24, 2.45) is 0 Å². The zero-order valence-corrected chi connectivity index (χ0v) is 42.1. The van der Waals surface area contributed by atoms with Gasteiger partial charge in [-0.3, -0.25) is 0 Å². The number of nitrogens with zero attached hydrogens (tertiary/aromatic N) is 2. The van der Waals surface area contributed by atoms with E-state index in [2.05, 4.69) is 207 Å². The van der Waals surface area contributed by atoms with Gasteiger partial charge >= 0.3 is 0 Å². The third-order valence-electron chi connectivity index (χ3n) is 16.5. The molecule has 0 N–H and O–H groups in total. The summed E-state index contributed by atoms with van der Waals surface area (Å²) in [6.45, 7) is 8.92. The van der Waals surface area contributed by atoms with Gasteiger partial charge in [0.05, 0.1) is 22.7 Å². The van der Waals surface area contributed by atoms with E-state index in [9.17, 15) is 0 Å². The molecule has 356 valence electrons. The Balaban J connectivity index is 1.04. The van der Waals surface area contributed by atoms with Crippen molar-refractivity contribution < 1.29 is 8.83 Å². The van der Waals surface area contributed by atoms with E-state index in [1.54, 1.807) is 0 Å². The largest absolute Gasteiger partial charge is 0.454 e. The van der Waals surface area contributed by atoms with Gasteiger partial charge in [-0.2, -0.15) is 0 Å². The number of hydrogen-bond donors (Lipinski definition) is 0. The Morgan fingerprint density at radius 3 is 1.71 bits per heavy atom.